The van der Waals surface area contributed by atoms with Crippen LogP contribution in [0.15, 0.2) is 53.7 Å². The van der Waals surface area contributed by atoms with E-state index in [0.717, 1.165) is 36.1 Å². The minimum Gasteiger partial charge on any atom is -0.369 e. The summed E-state index contributed by atoms with van der Waals surface area (Å²) < 4.78 is 0.722. The Morgan fingerprint density at radius 1 is 1.03 bits per heavy atom. The van der Waals surface area contributed by atoms with Crippen LogP contribution in [0.4, 0.5) is 27.9 Å². The van der Waals surface area contributed by atoms with Gasteiger partial charge in [-0.15, -0.1) is 0 Å². The molecule has 3 amide bonds. The lowest BCUT2D eigenvalue weighted by Gasteiger charge is -2.16. The van der Waals surface area contributed by atoms with Gasteiger partial charge in [0.15, 0.2) is 0 Å². The number of hydrogen-bond acceptors (Lipinski definition) is 8. The number of carbonyl (C=O) groups excluding carboxylic acids is 2. The second-order valence-electron chi connectivity index (χ2n) is 7.88. The van der Waals surface area contributed by atoms with E-state index in [4.69, 9.17) is 0 Å². The number of anilines is 4. The van der Waals surface area contributed by atoms with E-state index >= 15 is 0 Å². The number of halogens is 1. The monoisotopic (exact) mass is 539 g/mol. The van der Waals surface area contributed by atoms with Crippen molar-refractivity contribution in [2.45, 2.75) is 19.3 Å². The van der Waals surface area contributed by atoms with Gasteiger partial charge in [-0.25, -0.2) is 19.7 Å². The van der Waals surface area contributed by atoms with Crippen LogP contribution in [0.2, 0.25) is 0 Å². The first-order chi connectivity index (χ1) is 17.1. The number of benzene rings is 1. The first kappa shape index (κ1) is 24.3. The highest BCUT2D eigenvalue weighted by Crippen LogP contribution is 2.23. The molecule has 0 atom stereocenters. The van der Waals surface area contributed by atoms with Crippen molar-refractivity contribution < 1.29 is 9.59 Å². The van der Waals surface area contributed by atoms with Gasteiger partial charge in [0.05, 0.1) is 10.0 Å². The minimum atomic E-state index is -0.209. The molecule has 11 nitrogen and oxygen atoms in total. The highest BCUT2D eigenvalue weighted by molar-refractivity contribution is 9.10. The van der Waals surface area contributed by atoms with Crippen molar-refractivity contribution in [1.82, 2.24) is 30.2 Å². The Morgan fingerprint density at radius 3 is 2.60 bits per heavy atom. The van der Waals surface area contributed by atoms with Crippen molar-refractivity contribution >= 4 is 51.0 Å². The summed E-state index contributed by atoms with van der Waals surface area (Å²) in [6, 6.07) is 7.34. The van der Waals surface area contributed by atoms with Crippen LogP contribution in [0.5, 0.6) is 0 Å². The Labute approximate surface area is 211 Å². The number of rotatable bonds is 9. The van der Waals surface area contributed by atoms with E-state index in [9.17, 15) is 9.59 Å². The molecule has 0 unspecified atom stereocenters. The average molecular weight is 540 g/mol. The molecular weight excluding hydrogens is 514 g/mol. The van der Waals surface area contributed by atoms with Gasteiger partial charge in [0.25, 0.3) is 5.91 Å². The van der Waals surface area contributed by atoms with Crippen LogP contribution in [0.3, 0.4) is 0 Å². The minimum absolute atomic E-state index is 0.0840. The number of nitrogens with one attached hydrogen (secondary N) is 4. The second kappa shape index (κ2) is 12.1. The number of aromatic nitrogens is 4. The molecule has 4 N–H and O–H groups in total. The third kappa shape index (κ3) is 7.09. The molecule has 3 heterocycles. The molecule has 1 fully saturated rings. The van der Waals surface area contributed by atoms with Crippen LogP contribution in [0.1, 0.15) is 29.6 Å². The van der Waals surface area contributed by atoms with Gasteiger partial charge in [-0.1, -0.05) is 6.07 Å². The van der Waals surface area contributed by atoms with E-state index in [-0.39, 0.29) is 11.9 Å². The molecule has 3 aromatic rings. The van der Waals surface area contributed by atoms with Crippen LogP contribution in [0, 0.1) is 0 Å². The highest BCUT2D eigenvalue weighted by atomic mass is 79.9. The first-order valence-electron chi connectivity index (χ1n) is 11.3. The summed E-state index contributed by atoms with van der Waals surface area (Å²) in [6.07, 6.45) is 8.78. The lowest BCUT2D eigenvalue weighted by atomic mass is 10.3. The van der Waals surface area contributed by atoms with Gasteiger partial charge in [0.2, 0.25) is 5.95 Å². The molecule has 182 valence electrons. The van der Waals surface area contributed by atoms with Gasteiger partial charge >= 0.3 is 6.03 Å². The van der Waals surface area contributed by atoms with Crippen molar-refractivity contribution in [1.29, 1.82) is 0 Å². The van der Waals surface area contributed by atoms with Crippen molar-refractivity contribution in [3.8, 4) is 0 Å². The molecule has 12 heteroatoms. The molecule has 1 aliphatic heterocycles. The molecule has 4 rings (SSSR count). The maximum Gasteiger partial charge on any atom is 0.321 e. The number of urea groups is 1. The number of likely N-dealkylation sites (tertiary alicyclic amines) is 1. The van der Waals surface area contributed by atoms with Crippen molar-refractivity contribution in [2.24, 2.45) is 0 Å². The molecule has 1 saturated heterocycles. The molecule has 2 aromatic heterocycles. The number of nitrogens with zero attached hydrogens (tertiary/aromatic N) is 5. The molecule has 35 heavy (non-hydrogen) atoms. The number of hydrogen-bond donors (Lipinski definition) is 4. The normalized spacial score (nSPS) is 12.8. The van der Waals surface area contributed by atoms with Crippen LogP contribution < -0.4 is 21.3 Å². The fraction of sp³-hybridized carbons (Fsp3) is 0.304. The fourth-order valence-electron chi connectivity index (χ4n) is 3.49. The van der Waals surface area contributed by atoms with E-state index in [2.05, 4.69) is 57.1 Å². The van der Waals surface area contributed by atoms with E-state index in [1.54, 1.807) is 6.20 Å². The first-order valence-corrected chi connectivity index (χ1v) is 12.1. The molecule has 0 spiro atoms. The SMILES string of the molecule is O=C(NCCCNc1nc(Nc2cccc(NC(=O)N3CCCC3)c2)ncc1Br)c1cncnc1. The Morgan fingerprint density at radius 2 is 1.80 bits per heavy atom. The number of amides is 3. The van der Waals surface area contributed by atoms with E-state index in [1.165, 1.54) is 18.7 Å². The Balaban J connectivity index is 1.27. The highest BCUT2D eigenvalue weighted by Gasteiger charge is 2.17. The summed E-state index contributed by atoms with van der Waals surface area (Å²) in [5, 5.41) is 12.2. The van der Waals surface area contributed by atoms with Gasteiger partial charge in [0, 0.05) is 56.1 Å². The summed E-state index contributed by atoms with van der Waals surface area (Å²) in [5.41, 5.74) is 1.88. The maximum absolute atomic E-state index is 12.4. The van der Waals surface area contributed by atoms with Crippen LogP contribution in [-0.4, -0.2) is 63.0 Å². The molecule has 0 radical (unpaired) electrons. The van der Waals surface area contributed by atoms with Crippen LogP contribution in [0.25, 0.3) is 0 Å². The average Bonchev–Trinajstić information content (AvgIpc) is 3.42. The summed E-state index contributed by atoms with van der Waals surface area (Å²) in [4.78, 5) is 42.7. The van der Waals surface area contributed by atoms with Gasteiger partial charge in [-0.05, 0) is 53.4 Å². The standard InChI is InChI=1S/C23H26BrN9O2/c24-19-14-29-22(30-17-5-3-6-18(11-17)31-23(35)33-9-1-2-10-33)32-20(19)27-7-4-8-28-21(34)16-12-25-15-26-13-16/h3,5-6,11-15H,1-2,4,7-10H2,(H,28,34)(H,31,35)(H2,27,29,30,32). The van der Waals surface area contributed by atoms with Crippen molar-refractivity contribution in [3.05, 3.63) is 59.2 Å². The molecule has 0 bridgehead atoms. The zero-order valence-corrected chi connectivity index (χ0v) is 20.6. The fourth-order valence-corrected chi connectivity index (χ4v) is 3.82. The predicted octanol–water partition coefficient (Wildman–Crippen LogP) is 3.63. The van der Waals surface area contributed by atoms with Crippen LogP contribution in [-0.2, 0) is 0 Å². The third-order valence-corrected chi connectivity index (χ3v) is 5.84. The van der Waals surface area contributed by atoms with E-state index in [1.807, 2.05) is 29.2 Å². The van der Waals surface area contributed by atoms with Gasteiger partial charge in [-0.3, -0.25) is 4.79 Å². The molecule has 1 aromatic carbocycles. The second-order valence-corrected chi connectivity index (χ2v) is 8.74. The van der Waals surface area contributed by atoms with Crippen LogP contribution >= 0.6 is 15.9 Å². The zero-order chi connectivity index (χ0) is 24.5. The Kier molecular flexibility index (Phi) is 8.39. The van der Waals surface area contributed by atoms with E-state index < -0.39 is 0 Å². The zero-order valence-electron chi connectivity index (χ0n) is 19.0. The van der Waals surface area contributed by atoms with Gasteiger partial charge in [-0.2, -0.15) is 4.98 Å². The topological polar surface area (TPSA) is 137 Å². The third-order valence-electron chi connectivity index (χ3n) is 5.26. The largest absolute Gasteiger partial charge is 0.369 e. The Bertz CT molecular complexity index is 1160. The lowest BCUT2D eigenvalue weighted by Crippen LogP contribution is -2.32. The van der Waals surface area contributed by atoms with Crippen molar-refractivity contribution in [3.63, 3.8) is 0 Å². The van der Waals surface area contributed by atoms with Gasteiger partial charge in [0.1, 0.15) is 12.1 Å². The summed E-state index contributed by atoms with van der Waals surface area (Å²) >= 11 is 3.46. The summed E-state index contributed by atoms with van der Waals surface area (Å²) in [5.74, 6) is 0.832. The summed E-state index contributed by atoms with van der Waals surface area (Å²) in [6.45, 7) is 2.67. The lowest BCUT2D eigenvalue weighted by molar-refractivity contribution is 0.0952. The maximum atomic E-state index is 12.4. The molecule has 1 aliphatic rings. The smallest absolute Gasteiger partial charge is 0.321 e. The van der Waals surface area contributed by atoms with Gasteiger partial charge < -0.3 is 26.2 Å². The predicted molar refractivity (Wildman–Crippen MR) is 137 cm³/mol. The van der Waals surface area contributed by atoms with E-state index in [0.29, 0.717) is 42.5 Å². The summed E-state index contributed by atoms with van der Waals surface area (Å²) in [7, 11) is 0. The Hall–Kier alpha value is -3.80. The molecule has 0 aliphatic carbocycles. The number of carbonyl (C=O) groups is 2. The van der Waals surface area contributed by atoms with Crippen molar-refractivity contribution in [2.75, 3.05) is 42.1 Å². The quantitative estimate of drug-likeness (QED) is 0.302. The molecular formula is C23H26BrN9O2. The molecule has 0 saturated carbocycles.